The van der Waals surface area contributed by atoms with Gasteiger partial charge in [0.25, 0.3) is 0 Å². The van der Waals surface area contributed by atoms with Crippen LogP contribution >= 0.6 is 11.3 Å². The molecule has 1 heterocycles. The zero-order chi connectivity index (χ0) is 11.5. The van der Waals surface area contributed by atoms with E-state index in [9.17, 15) is 4.39 Å². The van der Waals surface area contributed by atoms with Gasteiger partial charge in [-0.25, -0.2) is 9.37 Å². The molecule has 0 unspecified atom stereocenters. The summed E-state index contributed by atoms with van der Waals surface area (Å²) in [5.41, 5.74) is 6.83. The number of nitrogens with zero attached hydrogens (tertiary/aromatic N) is 1. The number of thiazole rings is 1. The van der Waals surface area contributed by atoms with E-state index in [2.05, 4.69) is 4.98 Å². The molecule has 2 aromatic rings. The minimum atomic E-state index is -0.315. The normalized spacial score (nSPS) is 10.4. The first-order chi connectivity index (χ1) is 7.70. The first-order valence-corrected chi connectivity index (χ1v) is 5.72. The third-order valence-corrected chi connectivity index (χ3v) is 2.71. The van der Waals surface area contributed by atoms with Crippen molar-refractivity contribution in [2.75, 3.05) is 12.3 Å². The second kappa shape index (κ2) is 4.49. The van der Waals surface area contributed by atoms with E-state index >= 15 is 0 Å². The molecule has 1 aromatic carbocycles. The van der Waals surface area contributed by atoms with Crippen LogP contribution in [0.25, 0.3) is 11.3 Å². The standard InChI is InChI=1S/C11H11FN2OS/c1-2-15-10-4-3-7(12)5-8(10)9-6-16-11(13)14-9/h3-6H,2H2,1H3,(H2,13,14). The van der Waals surface area contributed by atoms with Crippen LogP contribution in [0.2, 0.25) is 0 Å². The minimum absolute atomic E-state index is 0.315. The van der Waals surface area contributed by atoms with Crippen LogP contribution in [0.1, 0.15) is 6.92 Å². The molecule has 2 N–H and O–H groups in total. The Morgan fingerprint density at radius 1 is 1.50 bits per heavy atom. The molecule has 5 heteroatoms. The average Bonchev–Trinajstić information content (AvgIpc) is 2.68. The maximum Gasteiger partial charge on any atom is 0.180 e. The second-order valence-electron chi connectivity index (χ2n) is 3.14. The fourth-order valence-corrected chi connectivity index (χ4v) is 1.96. The molecule has 0 aliphatic rings. The van der Waals surface area contributed by atoms with Crippen LogP contribution in [-0.2, 0) is 0 Å². The number of aromatic nitrogens is 1. The number of hydrogen-bond donors (Lipinski definition) is 1. The smallest absolute Gasteiger partial charge is 0.180 e. The molecule has 0 bridgehead atoms. The van der Waals surface area contributed by atoms with Crippen LogP contribution in [0.5, 0.6) is 5.75 Å². The zero-order valence-corrected chi connectivity index (χ0v) is 9.55. The zero-order valence-electron chi connectivity index (χ0n) is 8.74. The summed E-state index contributed by atoms with van der Waals surface area (Å²) >= 11 is 1.32. The summed E-state index contributed by atoms with van der Waals surface area (Å²) in [4.78, 5) is 4.11. The lowest BCUT2D eigenvalue weighted by molar-refractivity contribution is 0.341. The number of benzene rings is 1. The Hall–Kier alpha value is -1.62. The molecule has 1 aromatic heterocycles. The number of halogens is 1. The molecule has 84 valence electrons. The molecule has 0 atom stereocenters. The second-order valence-corrected chi connectivity index (χ2v) is 4.03. The average molecular weight is 238 g/mol. The van der Waals surface area contributed by atoms with Gasteiger partial charge in [-0.05, 0) is 25.1 Å². The van der Waals surface area contributed by atoms with Gasteiger partial charge in [0.15, 0.2) is 5.13 Å². The lowest BCUT2D eigenvalue weighted by atomic mass is 10.1. The van der Waals surface area contributed by atoms with Crippen molar-refractivity contribution in [1.29, 1.82) is 0 Å². The summed E-state index contributed by atoms with van der Waals surface area (Å²) in [6, 6.07) is 4.37. The van der Waals surface area contributed by atoms with Crippen molar-refractivity contribution < 1.29 is 9.13 Å². The minimum Gasteiger partial charge on any atom is -0.493 e. The number of ether oxygens (including phenoxy) is 1. The van der Waals surface area contributed by atoms with Crippen LogP contribution in [0, 0.1) is 5.82 Å². The van der Waals surface area contributed by atoms with Crippen molar-refractivity contribution >= 4 is 16.5 Å². The van der Waals surface area contributed by atoms with Crippen LogP contribution < -0.4 is 10.5 Å². The molecule has 0 spiro atoms. The van der Waals surface area contributed by atoms with Gasteiger partial charge >= 0.3 is 0 Å². The lowest BCUT2D eigenvalue weighted by Gasteiger charge is -2.07. The maximum atomic E-state index is 13.2. The molecular formula is C11H11FN2OS. The quantitative estimate of drug-likeness (QED) is 0.894. The van der Waals surface area contributed by atoms with Crippen LogP contribution in [0.15, 0.2) is 23.6 Å². The lowest BCUT2D eigenvalue weighted by Crippen LogP contribution is -1.95. The van der Waals surface area contributed by atoms with Crippen molar-refractivity contribution in [2.45, 2.75) is 6.92 Å². The first-order valence-electron chi connectivity index (χ1n) is 4.84. The topological polar surface area (TPSA) is 48.1 Å². The Kier molecular flexibility index (Phi) is 3.05. The fraction of sp³-hybridized carbons (Fsp3) is 0.182. The molecule has 0 amide bonds. The molecule has 16 heavy (non-hydrogen) atoms. The number of rotatable bonds is 3. The number of anilines is 1. The van der Waals surface area contributed by atoms with E-state index < -0.39 is 0 Å². The predicted octanol–water partition coefficient (Wildman–Crippen LogP) is 2.93. The predicted molar refractivity (Wildman–Crippen MR) is 63.1 cm³/mol. The molecule has 0 fully saturated rings. The van der Waals surface area contributed by atoms with E-state index in [0.29, 0.717) is 28.7 Å². The Morgan fingerprint density at radius 3 is 2.94 bits per heavy atom. The first kappa shape index (κ1) is 10.9. The molecule has 0 aliphatic carbocycles. The van der Waals surface area contributed by atoms with Crippen LogP contribution in [-0.4, -0.2) is 11.6 Å². The van der Waals surface area contributed by atoms with Crippen molar-refractivity contribution in [3.8, 4) is 17.0 Å². The van der Waals surface area contributed by atoms with E-state index in [-0.39, 0.29) is 5.82 Å². The monoisotopic (exact) mass is 238 g/mol. The van der Waals surface area contributed by atoms with Gasteiger partial charge in [0, 0.05) is 10.9 Å². The van der Waals surface area contributed by atoms with E-state index in [1.807, 2.05) is 6.92 Å². The molecule has 0 radical (unpaired) electrons. The van der Waals surface area contributed by atoms with E-state index in [4.69, 9.17) is 10.5 Å². The van der Waals surface area contributed by atoms with Gasteiger partial charge in [0.2, 0.25) is 0 Å². The van der Waals surface area contributed by atoms with E-state index in [1.165, 1.54) is 23.5 Å². The highest BCUT2D eigenvalue weighted by molar-refractivity contribution is 7.13. The third-order valence-electron chi connectivity index (χ3n) is 2.04. The third kappa shape index (κ3) is 2.14. The van der Waals surface area contributed by atoms with Crippen molar-refractivity contribution in [1.82, 2.24) is 4.98 Å². The van der Waals surface area contributed by atoms with Gasteiger partial charge in [-0.15, -0.1) is 11.3 Å². The van der Waals surface area contributed by atoms with Crippen LogP contribution in [0.3, 0.4) is 0 Å². The number of nitrogens with two attached hydrogens (primary N) is 1. The highest BCUT2D eigenvalue weighted by Crippen LogP contribution is 2.32. The van der Waals surface area contributed by atoms with E-state index in [1.54, 1.807) is 11.4 Å². The van der Waals surface area contributed by atoms with Crippen molar-refractivity contribution in [2.24, 2.45) is 0 Å². The Labute approximate surface area is 96.7 Å². The summed E-state index contributed by atoms with van der Waals surface area (Å²) < 4.78 is 18.6. The molecule has 0 aliphatic heterocycles. The van der Waals surface area contributed by atoms with Crippen molar-refractivity contribution in [3.63, 3.8) is 0 Å². The largest absolute Gasteiger partial charge is 0.493 e. The number of hydrogen-bond acceptors (Lipinski definition) is 4. The van der Waals surface area contributed by atoms with Crippen molar-refractivity contribution in [3.05, 3.63) is 29.4 Å². The van der Waals surface area contributed by atoms with E-state index in [0.717, 1.165) is 0 Å². The van der Waals surface area contributed by atoms with Gasteiger partial charge in [-0.1, -0.05) is 0 Å². The van der Waals surface area contributed by atoms with Gasteiger partial charge in [-0.3, -0.25) is 0 Å². The highest BCUT2D eigenvalue weighted by atomic mass is 32.1. The molecule has 0 saturated heterocycles. The van der Waals surface area contributed by atoms with Crippen LogP contribution in [0.4, 0.5) is 9.52 Å². The molecule has 2 rings (SSSR count). The summed E-state index contributed by atoms with van der Waals surface area (Å²) in [7, 11) is 0. The van der Waals surface area contributed by atoms with Gasteiger partial charge in [0.1, 0.15) is 11.6 Å². The summed E-state index contributed by atoms with van der Waals surface area (Å²) in [6.45, 7) is 2.40. The summed E-state index contributed by atoms with van der Waals surface area (Å²) in [6.07, 6.45) is 0. The molecule has 3 nitrogen and oxygen atoms in total. The van der Waals surface area contributed by atoms with Gasteiger partial charge < -0.3 is 10.5 Å². The maximum absolute atomic E-state index is 13.2. The Morgan fingerprint density at radius 2 is 2.31 bits per heavy atom. The Balaban J connectivity index is 2.48. The highest BCUT2D eigenvalue weighted by Gasteiger charge is 2.10. The molecular weight excluding hydrogens is 227 g/mol. The van der Waals surface area contributed by atoms with Gasteiger partial charge in [-0.2, -0.15) is 0 Å². The van der Waals surface area contributed by atoms with Gasteiger partial charge in [0.05, 0.1) is 12.3 Å². The fourth-order valence-electron chi connectivity index (χ4n) is 1.40. The molecule has 0 saturated carbocycles. The summed E-state index contributed by atoms with van der Waals surface area (Å²) in [5.74, 6) is 0.305. The number of nitrogen functional groups attached to an aromatic ring is 1. The Bertz CT molecular complexity index is 498. The summed E-state index contributed by atoms with van der Waals surface area (Å²) in [5, 5.41) is 2.24. The SMILES string of the molecule is CCOc1ccc(F)cc1-c1csc(N)n1.